The van der Waals surface area contributed by atoms with Gasteiger partial charge in [-0.25, -0.2) is 0 Å². The Hall–Kier alpha value is -1.02. The highest BCUT2D eigenvalue weighted by atomic mass is 16.3. The van der Waals surface area contributed by atoms with Crippen LogP contribution >= 0.6 is 0 Å². The molecular formula is C14H23NO. The lowest BCUT2D eigenvalue weighted by Gasteiger charge is -2.26. The van der Waals surface area contributed by atoms with Gasteiger partial charge in [-0.3, -0.25) is 0 Å². The van der Waals surface area contributed by atoms with E-state index in [0.29, 0.717) is 5.75 Å². The van der Waals surface area contributed by atoms with E-state index in [0.717, 1.165) is 16.7 Å². The van der Waals surface area contributed by atoms with Crippen molar-refractivity contribution in [2.45, 2.75) is 52.5 Å². The largest absolute Gasteiger partial charge is 0.508 e. The van der Waals surface area contributed by atoms with Gasteiger partial charge in [0.05, 0.1) is 0 Å². The van der Waals surface area contributed by atoms with E-state index in [2.05, 4.69) is 20.8 Å². The molecule has 0 radical (unpaired) electrons. The highest BCUT2D eigenvalue weighted by Gasteiger charge is 2.23. The van der Waals surface area contributed by atoms with Crippen LogP contribution in [-0.2, 0) is 11.0 Å². The maximum absolute atomic E-state index is 10.1. The molecule has 2 nitrogen and oxygen atoms in total. The van der Waals surface area contributed by atoms with Gasteiger partial charge in [-0.1, -0.05) is 26.8 Å². The quantitative estimate of drug-likeness (QED) is 0.765. The Bertz CT molecular complexity index is 355. The van der Waals surface area contributed by atoms with E-state index in [1.165, 1.54) is 0 Å². The van der Waals surface area contributed by atoms with Crippen molar-refractivity contribution >= 4 is 0 Å². The van der Waals surface area contributed by atoms with Crippen molar-refractivity contribution in [2.75, 3.05) is 0 Å². The normalized spacial score (nSPS) is 12.9. The average molecular weight is 221 g/mol. The first-order valence-electron chi connectivity index (χ1n) is 5.67. The predicted molar refractivity (Wildman–Crippen MR) is 68.8 cm³/mol. The second-order valence-electron chi connectivity index (χ2n) is 6.16. The lowest BCUT2D eigenvalue weighted by molar-refractivity contribution is 0.441. The van der Waals surface area contributed by atoms with Gasteiger partial charge in [0.2, 0.25) is 0 Å². The molecule has 90 valence electrons. The van der Waals surface area contributed by atoms with E-state index in [9.17, 15) is 5.11 Å². The zero-order valence-electron chi connectivity index (χ0n) is 11.2. The van der Waals surface area contributed by atoms with Crippen LogP contribution in [0.1, 0.15) is 51.3 Å². The van der Waals surface area contributed by atoms with Crippen LogP contribution in [0.3, 0.4) is 0 Å². The minimum Gasteiger partial charge on any atom is -0.508 e. The molecule has 0 heterocycles. The number of benzene rings is 1. The zero-order chi connectivity index (χ0) is 12.7. The fourth-order valence-electron chi connectivity index (χ4n) is 1.99. The smallest absolute Gasteiger partial charge is 0.119 e. The molecule has 1 rings (SSSR count). The molecule has 0 amide bonds. The van der Waals surface area contributed by atoms with Crippen molar-refractivity contribution in [1.82, 2.24) is 0 Å². The van der Waals surface area contributed by atoms with E-state index >= 15 is 0 Å². The molecule has 0 fully saturated rings. The standard InChI is InChI=1S/C14H23NO/c1-9-7-11(13(2,3)4)12(16)8-10(9)14(5,6)15/h7-8,16H,15H2,1-6H3. The molecule has 0 aliphatic carbocycles. The number of hydrogen-bond acceptors (Lipinski definition) is 2. The first-order chi connectivity index (χ1) is 7.03. The summed E-state index contributed by atoms with van der Waals surface area (Å²) in [4.78, 5) is 0. The Morgan fingerprint density at radius 1 is 1.00 bits per heavy atom. The maximum Gasteiger partial charge on any atom is 0.119 e. The van der Waals surface area contributed by atoms with Crippen molar-refractivity contribution in [1.29, 1.82) is 0 Å². The molecule has 3 N–H and O–H groups in total. The molecule has 0 aliphatic heterocycles. The summed E-state index contributed by atoms with van der Waals surface area (Å²) in [6, 6.07) is 3.84. The van der Waals surface area contributed by atoms with E-state index < -0.39 is 5.54 Å². The molecule has 0 spiro atoms. The molecule has 1 aromatic rings. The summed E-state index contributed by atoms with van der Waals surface area (Å²) in [5.74, 6) is 0.339. The number of aromatic hydroxyl groups is 1. The Morgan fingerprint density at radius 3 is 1.88 bits per heavy atom. The molecule has 1 aromatic carbocycles. The molecule has 0 unspecified atom stereocenters. The van der Waals surface area contributed by atoms with Crippen LogP contribution < -0.4 is 5.73 Å². The summed E-state index contributed by atoms with van der Waals surface area (Å²) < 4.78 is 0. The predicted octanol–water partition coefficient (Wildman–Crippen LogP) is 3.19. The van der Waals surface area contributed by atoms with Crippen molar-refractivity contribution in [3.63, 3.8) is 0 Å². The van der Waals surface area contributed by atoms with Crippen molar-refractivity contribution in [3.05, 3.63) is 28.8 Å². The number of phenols is 1. The van der Waals surface area contributed by atoms with E-state index in [1.54, 1.807) is 6.07 Å². The zero-order valence-corrected chi connectivity index (χ0v) is 11.2. The molecule has 16 heavy (non-hydrogen) atoms. The average Bonchev–Trinajstić information content (AvgIpc) is 2.04. The van der Waals surface area contributed by atoms with Gasteiger partial charge in [-0.15, -0.1) is 0 Å². The van der Waals surface area contributed by atoms with E-state index in [-0.39, 0.29) is 5.41 Å². The van der Waals surface area contributed by atoms with Crippen LogP contribution in [0.25, 0.3) is 0 Å². The molecule has 0 atom stereocenters. The van der Waals surface area contributed by atoms with Gasteiger partial charge < -0.3 is 10.8 Å². The van der Waals surface area contributed by atoms with Crippen molar-refractivity contribution in [2.24, 2.45) is 5.73 Å². The van der Waals surface area contributed by atoms with Gasteiger partial charge >= 0.3 is 0 Å². The van der Waals surface area contributed by atoms with Gasteiger partial charge in [0.25, 0.3) is 0 Å². The summed E-state index contributed by atoms with van der Waals surface area (Å²) in [5, 5.41) is 10.1. The van der Waals surface area contributed by atoms with Gasteiger partial charge in [0.1, 0.15) is 5.75 Å². The Labute approximate surface area is 98.5 Å². The number of phenolic OH excluding ortho intramolecular Hbond substituents is 1. The van der Waals surface area contributed by atoms with E-state index in [4.69, 9.17) is 5.73 Å². The number of aryl methyl sites for hydroxylation is 1. The highest BCUT2D eigenvalue weighted by molar-refractivity contribution is 5.46. The summed E-state index contributed by atoms with van der Waals surface area (Å²) in [7, 11) is 0. The number of nitrogens with two attached hydrogens (primary N) is 1. The lowest BCUT2D eigenvalue weighted by Crippen LogP contribution is -2.30. The van der Waals surface area contributed by atoms with Crippen LogP contribution in [0.15, 0.2) is 12.1 Å². The first-order valence-corrected chi connectivity index (χ1v) is 5.67. The highest BCUT2D eigenvalue weighted by Crippen LogP contribution is 2.35. The minimum absolute atomic E-state index is 0.0495. The molecule has 0 aromatic heterocycles. The van der Waals surface area contributed by atoms with Crippen LogP contribution in [-0.4, -0.2) is 5.11 Å². The fraction of sp³-hybridized carbons (Fsp3) is 0.571. The maximum atomic E-state index is 10.1. The van der Waals surface area contributed by atoms with Gasteiger partial charge in [0.15, 0.2) is 0 Å². The molecule has 0 aliphatic rings. The van der Waals surface area contributed by atoms with Crippen LogP contribution in [0, 0.1) is 6.92 Å². The summed E-state index contributed by atoms with van der Waals surface area (Å²) in [5.41, 5.74) is 8.71. The van der Waals surface area contributed by atoms with Gasteiger partial charge in [0, 0.05) is 5.54 Å². The van der Waals surface area contributed by atoms with Crippen molar-refractivity contribution in [3.8, 4) is 5.75 Å². The molecule has 0 bridgehead atoms. The third-order valence-electron chi connectivity index (χ3n) is 2.84. The van der Waals surface area contributed by atoms with Crippen molar-refractivity contribution < 1.29 is 5.11 Å². The Kier molecular flexibility index (Phi) is 3.08. The third-order valence-corrected chi connectivity index (χ3v) is 2.84. The summed E-state index contributed by atoms with van der Waals surface area (Å²) >= 11 is 0. The molecule has 0 saturated carbocycles. The second-order valence-corrected chi connectivity index (χ2v) is 6.16. The molecule has 2 heteroatoms. The van der Waals surface area contributed by atoms with E-state index in [1.807, 2.05) is 26.8 Å². The monoisotopic (exact) mass is 221 g/mol. The topological polar surface area (TPSA) is 46.2 Å². The number of hydrogen-bond donors (Lipinski definition) is 2. The number of rotatable bonds is 1. The Morgan fingerprint density at radius 2 is 1.50 bits per heavy atom. The Balaban J connectivity index is 3.40. The molecular weight excluding hydrogens is 198 g/mol. The molecule has 0 saturated heterocycles. The minimum atomic E-state index is -0.419. The van der Waals surface area contributed by atoms with Crippen LogP contribution in [0.4, 0.5) is 0 Å². The first kappa shape index (κ1) is 13.0. The second kappa shape index (κ2) is 3.77. The SMILES string of the molecule is Cc1cc(C(C)(C)C)c(O)cc1C(C)(C)N. The van der Waals surface area contributed by atoms with Gasteiger partial charge in [-0.05, 0) is 48.9 Å². The van der Waals surface area contributed by atoms with Crippen LogP contribution in [0.2, 0.25) is 0 Å². The summed E-state index contributed by atoms with van der Waals surface area (Å²) in [6.45, 7) is 12.2. The fourth-order valence-corrected chi connectivity index (χ4v) is 1.99. The lowest BCUT2D eigenvalue weighted by atomic mass is 9.82. The third kappa shape index (κ3) is 2.56. The van der Waals surface area contributed by atoms with Crippen LogP contribution in [0.5, 0.6) is 5.75 Å². The summed E-state index contributed by atoms with van der Waals surface area (Å²) in [6.07, 6.45) is 0. The van der Waals surface area contributed by atoms with Gasteiger partial charge in [-0.2, -0.15) is 0 Å².